The summed E-state index contributed by atoms with van der Waals surface area (Å²) in [6, 6.07) is 11.7. The summed E-state index contributed by atoms with van der Waals surface area (Å²) in [6.45, 7) is 5.13. The second-order valence-corrected chi connectivity index (χ2v) is 9.47. The molecule has 1 amide bonds. The molecular weight excluding hydrogens is 444 g/mol. The SMILES string of the molecule is Cc1oc(-c2ccccc2)nc1CN1CCCC(C(=O)N2CCc3nc4cc[nH]n4c(=O)c3C2)C1. The third-order valence-electron chi connectivity index (χ3n) is 7.14. The fourth-order valence-electron chi connectivity index (χ4n) is 5.26. The summed E-state index contributed by atoms with van der Waals surface area (Å²) in [4.78, 5) is 39.8. The number of hydrogen-bond acceptors (Lipinski definition) is 6. The number of fused-ring (bicyclic) bond motifs is 2. The fraction of sp³-hybridized carbons (Fsp3) is 0.385. The zero-order chi connectivity index (χ0) is 23.9. The van der Waals surface area contributed by atoms with Gasteiger partial charge in [-0.2, -0.15) is 0 Å². The molecule has 0 radical (unpaired) electrons. The van der Waals surface area contributed by atoms with Gasteiger partial charge in [0.15, 0.2) is 5.65 Å². The summed E-state index contributed by atoms with van der Waals surface area (Å²) in [5, 5.41) is 2.91. The maximum atomic E-state index is 13.5. The van der Waals surface area contributed by atoms with Crippen molar-refractivity contribution in [1.29, 1.82) is 0 Å². The van der Waals surface area contributed by atoms with E-state index in [0.717, 1.165) is 42.1 Å². The van der Waals surface area contributed by atoms with Gasteiger partial charge in [0.2, 0.25) is 11.8 Å². The van der Waals surface area contributed by atoms with E-state index in [1.54, 1.807) is 12.3 Å². The number of H-pyrrole nitrogens is 1. The van der Waals surface area contributed by atoms with Crippen LogP contribution in [0.1, 0.15) is 35.6 Å². The summed E-state index contributed by atoms with van der Waals surface area (Å²) in [5.74, 6) is 1.48. The summed E-state index contributed by atoms with van der Waals surface area (Å²) in [6.07, 6.45) is 4.12. The van der Waals surface area contributed by atoms with Crippen LogP contribution in [-0.2, 0) is 24.3 Å². The van der Waals surface area contributed by atoms with Crippen molar-refractivity contribution >= 4 is 11.6 Å². The van der Waals surface area contributed by atoms with Gasteiger partial charge in [0.05, 0.1) is 29.4 Å². The second-order valence-electron chi connectivity index (χ2n) is 9.47. The number of rotatable bonds is 4. The minimum absolute atomic E-state index is 0.0870. The molecule has 35 heavy (non-hydrogen) atoms. The van der Waals surface area contributed by atoms with Crippen LogP contribution in [0, 0.1) is 12.8 Å². The molecule has 1 atom stereocenters. The Balaban J connectivity index is 1.15. The molecule has 9 heteroatoms. The molecule has 4 aromatic rings. The number of aromatic nitrogens is 4. The van der Waals surface area contributed by atoms with E-state index in [-0.39, 0.29) is 17.4 Å². The number of aryl methyl sites for hydroxylation is 1. The van der Waals surface area contributed by atoms with Crippen LogP contribution in [0.25, 0.3) is 17.1 Å². The molecule has 1 fully saturated rings. The maximum Gasteiger partial charge on any atom is 0.277 e. The molecule has 180 valence electrons. The van der Waals surface area contributed by atoms with E-state index in [2.05, 4.69) is 15.0 Å². The zero-order valence-corrected chi connectivity index (χ0v) is 19.7. The van der Waals surface area contributed by atoms with Crippen LogP contribution in [0.3, 0.4) is 0 Å². The Kier molecular flexibility index (Phi) is 5.49. The molecule has 3 aromatic heterocycles. The molecule has 5 heterocycles. The average molecular weight is 473 g/mol. The quantitative estimate of drug-likeness (QED) is 0.490. The lowest BCUT2D eigenvalue weighted by Gasteiger charge is -2.36. The molecule has 6 rings (SSSR count). The number of nitrogens with zero attached hydrogens (tertiary/aromatic N) is 5. The number of carbonyl (C=O) groups is 1. The summed E-state index contributed by atoms with van der Waals surface area (Å²) >= 11 is 0. The number of amides is 1. The third kappa shape index (κ3) is 4.05. The summed E-state index contributed by atoms with van der Waals surface area (Å²) < 4.78 is 7.37. The van der Waals surface area contributed by atoms with E-state index in [0.29, 0.717) is 49.7 Å². The monoisotopic (exact) mass is 472 g/mol. The van der Waals surface area contributed by atoms with Crippen LogP contribution in [0.4, 0.5) is 0 Å². The Morgan fingerprint density at radius 2 is 2.03 bits per heavy atom. The van der Waals surface area contributed by atoms with Crippen LogP contribution in [-0.4, -0.2) is 54.9 Å². The molecule has 1 unspecified atom stereocenters. The lowest BCUT2D eigenvalue weighted by atomic mass is 9.95. The van der Waals surface area contributed by atoms with Crippen molar-refractivity contribution in [3.05, 3.63) is 75.7 Å². The largest absolute Gasteiger partial charge is 0.441 e. The number of carbonyl (C=O) groups excluding carboxylic acids is 1. The minimum atomic E-state index is -0.117. The lowest BCUT2D eigenvalue weighted by molar-refractivity contribution is -0.138. The molecule has 9 nitrogen and oxygen atoms in total. The Morgan fingerprint density at radius 1 is 1.17 bits per heavy atom. The highest BCUT2D eigenvalue weighted by atomic mass is 16.4. The smallest absolute Gasteiger partial charge is 0.277 e. The first-order valence-corrected chi connectivity index (χ1v) is 12.2. The molecule has 0 saturated carbocycles. The molecule has 0 spiro atoms. The number of benzene rings is 1. The first kappa shape index (κ1) is 21.8. The van der Waals surface area contributed by atoms with Crippen LogP contribution >= 0.6 is 0 Å². The van der Waals surface area contributed by atoms with E-state index >= 15 is 0 Å². The molecule has 1 saturated heterocycles. The van der Waals surface area contributed by atoms with Crippen LogP contribution in [0.5, 0.6) is 0 Å². The van der Waals surface area contributed by atoms with E-state index in [1.165, 1.54) is 4.52 Å². The summed E-state index contributed by atoms with van der Waals surface area (Å²) in [5.41, 5.74) is 3.80. The van der Waals surface area contributed by atoms with Crippen molar-refractivity contribution in [2.24, 2.45) is 5.92 Å². The minimum Gasteiger partial charge on any atom is -0.441 e. The predicted molar refractivity (Wildman–Crippen MR) is 130 cm³/mol. The van der Waals surface area contributed by atoms with E-state index < -0.39 is 0 Å². The van der Waals surface area contributed by atoms with Crippen LogP contribution in [0.2, 0.25) is 0 Å². The zero-order valence-electron chi connectivity index (χ0n) is 19.7. The Labute approximate surface area is 202 Å². The first-order valence-electron chi connectivity index (χ1n) is 12.2. The molecule has 1 N–H and O–H groups in total. The molecule has 2 aliphatic heterocycles. The van der Waals surface area contributed by atoms with Gasteiger partial charge in [0, 0.05) is 43.9 Å². The number of nitrogens with one attached hydrogen (secondary N) is 1. The van der Waals surface area contributed by atoms with Gasteiger partial charge < -0.3 is 9.32 Å². The number of aromatic amines is 1. The average Bonchev–Trinajstić information content (AvgIpc) is 3.51. The number of likely N-dealkylation sites (tertiary alicyclic amines) is 1. The van der Waals surface area contributed by atoms with Crippen molar-refractivity contribution in [1.82, 2.24) is 29.4 Å². The molecule has 0 aliphatic carbocycles. The molecule has 2 aliphatic rings. The predicted octanol–water partition coefficient (Wildman–Crippen LogP) is 2.78. The highest BCUT2D eigenvalue weighted by Crippen LogP contribution is 2.26. The van der Waals surface area contributed by atoms with Crippen molar-refractivity contribution < 1.29 is 9.21 Å². The number of oxazole rings is 1. The highest BCUT2D eigenvalue weighted by Gasteiger charge is 2.33. The first-order chi connectivity index (χ1) is 17.1. The van der Waals surface area contributed by atoms with Crippen LogP contribution in [0.15, 0.2) is 51.8 Å². The summed E-state index contributed by atoms with van der Waals surface area (Å²) in [7, 11) is 0. The fourth-order valence-corrected chi connectivity index (χ4v) is 5.26. The van der Waals surface area contributed by atoms with Gasteiger partial charge in [-0.05, 0) is 38.4 Å². The van der Waals surface area contributed by atoms with Crippen molar-refractivity contribution in [3.63, 3.8) is 0 Å². The highest BCUT2D eigenvalue weighted by molar-refractivity contribution is 5.79. The van der Waals surface area contributed by atoms with Gasteiger partial charge >= 0.3 is 0 Å². The number of hydrogen-bond donors (Lipinski definition) is 1. The van der Waals surface area contributed by atoms with Crippen molar-refractivity contribution in [2.45, 2.75) is 39.3 Å². The third-order valence-corrected chi connectivity index (χ3v) is 7.14. The standard InChI is InChI=1S/C26H28N6O3/c1-17-22(29-24(35-17)18-6-3-2-4-7-18)16-30-12-5-8-19(14-30)25(33)31-13-10-21-20(15-31)26(34)32-23(28-21)9-11-27-32/h2-4,6-7,9,11,19,27H,5,8,10,12-16H2,1H3. The molecular formula is C26H28N6O3. The van der Waals surface area contributed by atoms with E-state index in [4.69, 9.17) is 9.40 Å². The molecule has 1 aromatic carbocycles. The van der Waals surface area contributed by atoms with Gasteiger partial charge in [-0.15, -0.1) is 0 Å². The van der Waals surface area contributed by atoms with Gasteiger partial charge in [0.25, 0.3) is 5.56 Å². The Morgan fingerprint density at radius 3 is 2.89 bits per heavy atom. The second kappa shape index (κ2) is 8.81. The molecule has 0 bridgehead atoms. The topological polar surface area (TPSA) is 99.7 Å². The van der Waals surface area contributed by atoms with Crippen molar-refractivity contribution in [3.8, 4) is 11.5 Å². The van der Waals surface area contributed by atoms with Crippen LogP contribution < -0.4 is 5.56 Å². The number of piperidine rings is 1. The Hall–Kier alpha value is -3.72. The van der Waals surface area contributed by atoms with E-state index in [1.807, 2.05) is 42.2 Å². The Bertz CT molecular complexity index is 1440. The van der Waals surface area contributed by atoms with Gasteiger partial charge in [-0.1, -0.05) is 18.2 Å². The normalized spacial score (nSPS) is 18.7. The lowest BCUT2D eigenvalue weighted by Crippen LogP contribution is -2.47. The van der Waals surface area contributed by atoms with E-state index in [9.17, 15) is 9.59 Å². The van der Waals surface area contributed by atoms with Gasteiger partial charge in [-0.25, -0.2) is 14.5 Å². The van der Waals surface area contributed by atoms with Gasteiger partial charge in [0.1, 0.15) is 5.76 Å². The maximum absolute atomic E-state index is 13.5. The van der Waals surface area contributed by atoms with Crippen molar-refractivity contribution in [2.75, 3.05) is 19.6 Å². The van der Waals surface area contributed by atoms with Gasteiger partial charge in [-0.3, -0.25) is 19.6 Å².